The molecule has 0 bridgehead atoms. The average molecular weight is 279 g/mol. The van der Waals surface area contributed by atoms with Crippen molar-refractivity contribution >= 4 is 16.1 Å². The van der Waals surface area contributed by atoms with Crippen molar-refractivity contribution in [1.82, 2.24) is 14.9 Å². The summed E-state index contributed by atoms with van der Waals surface area (Å²) < 4.78 is 29.9. The van der Waals surface area contributed by atoms with Crippen LogP contribution in [0.2, 0.25) is 0 Å². The number of rotatable bonds is 4. The highest BCUT2D eigenvalue weighted by Gasteiger charge is 2.24. The van der Waals surface area contributed by atoms with Gasteiger partial charge in [0.05, 0.1) is 19.5 Å². The minimum atomic E-state index is -3.29. The van der Waals surface area contributed by atoms with Gasteiger partial charge in [-0.3, -0.25) is 0 Å². The van der Waals surface area contributed by atoms with Gasteiger partial charge in [0.2, 0.25) is 10.0 Å². The summed E-state index contributed by atoms with van der Waals surface area (Å²) >= 11 is 0. The van der Waals surface area contributed by atoms with E-state index in [1.807, 2.05) is 0 Å². The Morgan fingerprint density at radius 3 is 2.39 bits per heavy atom. The lowest BCUT2D eigenvalue weighted by Gasteiger charge is -2.30. The molecule has 7 nitrogen and oxygen atoms in total. The monoisotopic (exact) mass is 279 g/mol. The zero-order valence-corrected chi connectivity index (χ0v) is 11.8. The van der Waals surface area contributed by atoms with Crippen molar-refractivity contribution in [1.29, 1.82) is 0 Å². The molecule has 0 aromatic carbocycles. The summed E-state index contributed by atoms with van der Waals surface area (Å²) in [6.45, 7) is 5.87. The third-order valence-corrected chi connectivity index (χ3v) is 3.36. The van der Waals surface area contributed by atoms with Gasteiger partial charge in [0.25, 0.3) is 0 Å². The first kappa shape index (κ1) is 15.2. The molecule has 0 atom stereocenters. The Morgan fingerprint density at radius 2 is 1.89 bits per heavy atom. The van der Waals surface area contributed by atoms with Crippen molar-refractivity contribution in [2.75, 3.05) is 39.1 Å². The van der Waals surface area contributed by atoms with Crippen LogP contribution in [0.3, 0.4) is 0 Å². The number of urea groups is 1. The summed E-state index contributed by atoms with van der Waals surface area (Å²) in [5.41, 5.74) is -0.713. The fourth-order valence-corrected chi connectivity index (χ4v) is 2.79. The summed E-state index contributed by atoms with van der Waals surface area (Å²) in [7, 11) is -3.29. The van der Waals surface area contributed by atoms with Gasteiger partial charge in [0, 0.05) is 25.2 Å². The molecule has 1 fully saturated rings. The number of morpholine rings is 1. The van der Waals surface area contributed by atoms with Crippen LogP contribution in [-0.2, 0) is 14.8 Å². The Hall–Kier alpha value is -0.860. The number of nitrogens with zero attached hydrogens (tertiary/aromatic N) is 1. The van der Waals surface area contributed by atoms with E-state index in [0.717, 1.165) is 6.26 Å². The lowest BCUT2D eigenvalue weighted by molar-refractivity contribution is 0.0529. The second kappa shape index (κ2) is 5.85. The maximum Gasteiger partial charge on any atom is 0.317 e. The normalized spacial score (nSPS) is 17.6. The molecule has 1 heterocycles. The molecule has 0 radical (unpaired) electrons. The van der Waals surface area contributed by atoms with Gasteiger partial charge >= 0.3 is 6.03 Å². The molecule has 2 N–H and O–H groups in total. The van der Waals surface area contributed by atoms with Crippen molar-refractivity contribution in [3.63, 3.8) is 0 Å². The number of hydrogen-bond donors (Lipinski definition) is 2. The van der Waals surface area contributed by atoms with Crippen LogP contribution in [0.5, 0.6) is 0 Å². The standard InChI is InChI=1S/C10H21N3O4S/c1-10(2,12-18(3,15)16)8-11-9(14)13-4-6-17-7-5-13/h12H,4-8H2,1-3H3,(H,11,14). The summed E-state index contributed by atoms with van der Waals surface area (Å²) in [6, 6.07) is -0.193. The van der Waals surface area contributed by atoms with Gasteiger partial charge in [-0.1, -0.05) is 0 Å². The van der Waals surface area contributed by atoms with E-state index in [0.29, 0.717) is 26.3 Å². The average Bonchev–Trinajstić information content (AvgIpc) is 2.24. The van der Waals surface area contributed by atoms with Crippen LogP contribution in [-0.4, -0.2) is 64.0 Å². The zero-order valence-electron chi connectivity index (χ0n) is 11.0. The van der Waals surface area contributed by atoms with Crippen molar-refractivity contribution in [3.05, 3.63) is 0 Å². The quantitative estimate of drug-likeness (QED) is 0.716. The Labute approximate surface area is 108 Å². The van der Waals surface area contributed by atoms with E-state index in [1.165, 1.54) is 0 Å². The topological polar surface area (TPSA) is 87.7 Å². The highest BCUT2D eigenvalue weighted by atomic mass is 32.2. The van der Waals surface area contributed by atoms with Crippen LogP contribution < -0.4 is 10.0 Å². The molecule has 0 spiro atoms. The number of nitrogens with one attached hydrogen (secondary N) is 2. The Kier molecular flexibility index (Phi) is 4.94. The molecular weight excluding hydrogens is 258 g/mol. The van der Waals surface area contributed by atoms with Crippen LogP contribution in [0.4, 0.5) is 4.79 Å². The fraction of sp³-hybridized carbons (Fsp3) is 0.900. The number of sulfonamides is 1. The summed E-state index contributed by atoms with van der Waals surface area (Å²) in [6.07, 6.45) is 1.10. The number of carbonyl (C=O) groups excluding carboxylic acids is 1. The number of hydrogen-bond acceptors (Lipinski definition) is 4. The smallest absolute Gasteiger partial charge is 0.317 e. The van der Waals surface area contributed by atoms with E-state index in [9.17, 15) is 13.2 Å². The molecule has 0 aliphatic carbocycles. The summed E-state index contributed by atoms with van der Waals surface area (Å²) in [4.78, 5) is 13.4. The van der Waals surface area contributed by atoms with E-state index in [4.69, 9.17) is 4.74 Å². The third-order valence-electron chi connectivity index (χ3n) is 2.44. The Morgan fingerprint density at radius 1 is 1.33 bits per heavy atom. The third kappa shape index (κ3) is 5.65. The highest BCUT2D eigenvalue weighted by molar-refractivity contribution is 7.88. The maximum atomic E-state index is 11.8. The first-order valence-electron chi connectivity index (χ1n) is 5.79. The maximum absolute atomic E-state index is 11.8. The van der Waals surface area contributed by atoms with Crippen molar-refractivity contribution < 1.29 is 17.9 Å². The highest BCUT2D eigenvalue weighted by Crippen LogP contribution is 2.03. The molecule has 8 heteroatoms. The number of carbonyl (C=O) groups is 1. The molecule has 18 heavy (non-hydrogen) atoms. The van der Waals surface area contributed by atoms with Crippen LogP contribution >= 0.6 is 0 Å². The zero-order chi connectivity index (χ0) is 13.8. The van der Waals surface area contributed by atoms with Crippen LogP contribution in [0, 0.1) is 0 Å². The van der Waals surface area contributed by atoms with E-state index < -0.39 is 15.6 Å². The first-order valence-corrected chi connectivity index (χ1v) is 7.68. The van der Waals surface area contributed by atoms with Crippen LogP contribution in [0.25, 0.3) is 0 Å². The molecule has 1 rings (SSSR count). The van der Waals surface area contributed by atoms with Gasteiger partial charge in [0.1, 0.15) is 0 Å². The predicted octanol–water partition coefficient (Wildman–Crippen LogP) is -0.644. The van der Waals surface area contributed by atoms with E-state index in [1.54, 1.807) is 18.7 Å². The van der Waals surface area contributed by atoms with E-state index >= 15 is 0 Å². The van der Waals surface area contributed by atoms with Crippen LogP contribution in [0.15, 0.2) is 0 Å². The minimum Gasteiger partial charge on any atom is -0.378 e. The van der Waals surface area contributed by atoms with E-state index in [2.05, 4.69) is 10.0 Å². The molecule has 0 aromatic heterocycles. The molecule has 0 aromatic rings. The molecule has 0 saturated carbocycles. The van der Waals surface area contributed by atoms with Gasteiger partial charge in [-0.25, -0.2) is 17.9 Å². The van der Waals surface area contributed by atoms with Crippen molar-refractivity contribution in [2.45, 2.75) is 19.4 Å². The molecule has 2 amide bonds. The molecule has 106 valence electrons. The summed E-state index contributed by atoms with van der Waals surface area (Å²) in [5.74, 6) is 0. The lowest BCUT2D eigenvalue weighted by Crippen LogP contribution is -2.54. The molecule has 1 aliphatic rings. The minimum absolute atomic E-state index is 0.193. The second-order valence-electron chi connectivity index (χ2n) is 5.02. The SMILES string of the molecule is CC(C)(CNC(=O)N1CCOCC1)NS(C)(=O)=O. The van der Waals surface area contributed by atoms with Gasteiger partial charge in [0.15, 0.2) is 0 Å². The fourth-order valence-electron chi connectivity index (χ4n) is 1.71. The van der Waals surface area contributed by atoms with Gasteiger partial charge in [-0.15, -0.1) is 0 Å². The number of ether oxygens (including phenoxy) is 1. The van der Waals surface area contributed by atoms with Crippen molar-refractivity contribution in [2.24, 2.45) is 0 Å². The Bertz CT molecular complexity index is 388. The molecule has 0 unspecified atom stereocenters. The molecule has 1 aliphatic heterocycles. The predicted molar refractivity (Wildman–Crippen MR) is 67.8 cm³/mol. The van der Waals surface area contributed by atoms with Crippen molar-refractivity contribution in [3.8, 4) is 0 Å². The lowest BCUT2D eigenvalue weighted by atomic mass is 10.1. The van der Waals surface area contributed by atoms with Gasteiger partial charge in [-0.2, -0.15) is 0 Å². The molecular formula is C10H21N3O4S. The molecule has 1 saturated heterocycles. The Balaban J connectivity index is 2.41. The number of amides is 2. The van der Waals surface area contributed by atoms with E-state index in [-0.39, 0.29) is 12.6 Å². The van der Waals surface area contributed by atoms with Gasteiger partial charge < -0.3 is 15.0 Å². The second-order valence-corrected chi connectivity index (χ2v) is 6.76. The largest absolute Gasteiger partial charge is 0.378 e. The van der Waals surface area contributed by atoms with Gasteiger partial charge in [-0.05, 0) is 13.8 Å². The van der Waals surface area contributed by atoms with Crippen LogP contribution in [0.1, 0.15) is 13.8 Å². The summed E-state index contributed by atoms with van der Waals surface area (Å²) in [5, 5.41) is 2.72. The first-order chi connectivity index (χ1) is 8.20.